The minimum Gasteiger partial charge on any atom is -0.497 e. The van der Waals surface area contributed by atoms with E-state index in [1.807, 2.05) is 237 Å². The minimum atomic E-state index is -0.859. The van der Waals surface area contributed by atoms with Gasteiger partial charge in [0.25, 0.3) is 0 Å². The van der Waals surface area contributed by atoms with E-state index in [4.69, 9.17) is 60.0 Å². The van der Waals surface area contributed by atoms with Crippen molar-refractivity contribution in [3.05, 3.63) is 324 Å². The van der Waals surface area contributed by atoms with Gasteiger partial charge in [-0.3, -0.25) is 38.4 Å². The number of anilines is 3. The number of hydrogen-bond donors (Lipinski definition) is 3. The number of thioether (sulfide) groups is 3. The number of nitrogens with zero attached hydrogens (tertiary/aromatic N) is 4. The summed E-state index contributed by atoms with van der Waals surface area (Å²) >= 11 is 13.9. The highest BCUT2D eigenvalue weighted by atomic mass is 79.9. The van der Waals surface area contributed by atoms with Crippen LogP contribution in [0.3, 0.4) is 0 Å². The summed E-state index contributed by atoms with van der Waals surface area (Å²) in [5.74, 6) is 2.50. The van der Waals surface area contributed by atoms with Crippen molar-refractivity contribution in [3.63, 3.8) is 0 Å². The van der Waals surface area contributed by atoms with E-state index in [2.05, 4.69) is 63.4 Å². The summed E-state index contributed by atoms with van der Waals surface area (Å²) in [6.45, 7) is 23.5. The number of allylic oxidation sites excluding steroid dienone is 2. The highest BCUT2D eigenvalue weighted by Crippen LogP contribution is 2.44. The number of hydrogen-bond acceptors (Lipinski definition) is 23. The average molecular weight is 2170 g/mol. The van der Waals surface area contributed by atoms with Crippen LogP contribution in [0.25, 0.3) is 33.0 Å². The summed E-state index contributed by atoms with van der Waals surface area (Å²) in [5.41, 5.74) is 24.5. The van der Waals surface area contributed by atoms with Gasteiger partial charge in [0.1, 0.15) is 28.6 Å². The van der Waals surface area contributed by atoms with Crippen molar-refractivity contribution in [2.75, 3.05) is 103 Å². The van der Waals surface area contributed by atoms with E-state index in [0.717, 1.165) is 161 Å². The van der Waals surface area contributed by atoms with Crippen LogP contribution < -0.4 is 34.6 Å². The van der Waals surface area contributed by atoms with Gasteiger partial charge in [0.05, 0.1) is 114 Å². The molecule has 3 heterocycles. The lowest BCUT2D eigenvalue weighted by molar-refractivity contribution is -0.143. The monoisotopic (exact) mass is 2170 g/mol. The van der Waals surface area contributed by atoms with E-state index in [1.165, 1.54) is 51.8 Å². The van der Waals surface area contributed by atoms with Gasteiger partial charge in [0, 0.05) is 120 Å². The van der Waals surface area contributed by atoms with Crippen LogP contribution in [-0.4, -0.2) is 174 Å². The van der Waals surface area contributed by atoms with Crippen molar-refractivity contribution in [2.45, 2.75) is 168 Å². The zero-order chi connectivity index (χ0) is 108. The van der Waals surface area contributed by atoms with E-state index in [-0.39, 0.29) is 77.6 Å². The lowest BCUT2D eigenvalue weighted by atomic mass is 9.98. The number of fused-ring (bicyclic) bond motifs is 4. The Morgan fingerprint density at radius 2 is 0.866 bits per heavy atom. The summed E-state index contributed by atoms with van der Waals surface area (Å²) in [6.07, 6.45) is 3.45. The minimum absolute atomic E-state index is 0.0366. The predicted molar refractivity (Wildman–Crippen MR) is 601 cm³/mol. The third-order valence-corrected chi connectivity index (χ3v) is 27.9. The highest BCUT2D eigenvalue weighted by Gasteiger charge is 2.31. The van der Waals surface area contributed by atoms with Crippen LogP contribution in [0.5, 0.6) is 17.2 Å². The summed E-state index contributed by atoms with van der Waals surface area (Å²) in [7, 11) is 10.2. The SMILES string of the molecule is C1COCCO1.CC(C)=O.CCOC(=O)CC1=C(SC(C)=O)Cc2ccccc21.CCOC(=O)CC1=C(SCc2cccc(C[C@H](C)C(=O)N(C)c3ccc(OC)cc3)c2)Cc2ccccc21.CCOC(=O)Cc1c(Br)n(C(=O)OC(C)(C)C)c2ccccc12.COc1ccc(N(C)C(=O)[C@@H](C)Cc2cccc(CCl)c2)cc1.COc1ccc(N(C)C(=O)[C@@H](N)Cc2cccc(CSc3[nH]c4ccccc4c3CC(=O)O)c2)cc1. The van der Waals surface area contributed by atoms with E-state index in [1.54, 1.807) is 107 Å². The molecule has 2 aliphatic carbocycles. The van der Waals surface area contributed by atoms with E-state index >= 15 is 0 Å². The fourth-order valence-corrected chi connectivity index (χ4v) is 20.3. The number of likely N-dealkylation sites (N-methyl/N-ethyl adjacent to an activating group) is 1. The number of carboxylic acids is 1. The number of methoxy groups -OCH3 is 3. The van der Waals surface area contributed by atoms with Gasteiger partial charge in [-0.15, -0.1) is 35.1 Å². The summed E-state index contributed by atoms with van der Waals surface area (Å²) in [5, 5.41) is 12.0. The van der Waals surface area contributed by atoms with Gasteiger partial charge in [-0.25, -0.2) is 9.36 Å². The van der Waals surface area contributed by atoms with Crippen LogP contribution in [-0.2, 0) is 134 Å². The highest BCUT2D eigenvalue weighted by molar-refractivity contribution is 9.10. The number of H-pyrrole nitrogens is 1. The second kappa shape index (κ2) is 60.6. The fourth-order valence-electron chi connectivity index (χ4n) is 16.4. The number of alkyl halides is 1. The quantitative estimate of drug-likeness (QED) is 0.0146. The van der Waals surface area contributed by atoms with Gasteiger partial charge in [0.2, 0.25) is 17.7 Å². The first-order valence-corrected chi connectivity index (χ1v) is 53.3. The maximum Gasteiger partial charge on any atom is 0.419 e. The molecule has 10 aromatic carbocycles. The molecule has 0 bridgehead atoms. The van der Waals surface area contributed by atoms with Crippen molar-refractivity contribution < 1.29 is 95.7 Å². The number of nitrogens with two attached hydrogens (primary N) is 1. The predicted octanol–water partition coefficient (Wildman–Crippen LogP) is 23.7. The van der Waals surface area contributed by atoms with Crippen LogP contribution in [0, 0.1) is 11.8 Å². The zero-order valence-electron chi connectivity index (χ0n) is 87.8. The second-order valence-corrected chi connectivity index (χ2v) is 40.6. The standard InChI is InChI=1S/C32H35NO4S.C28H29N3O4S.C19H22ClNO2.C17H20BrNO4.C15H16O3S.C4H8O2.C3H6O/c1-5-37-31(34)20-29-28-12-7-6-11-25(28)19-30(29)38-21-24-10-8-9-23(18-24)17-22(2)32(35)33(3)26-13-15-27(36-4)16-14-26;1-31(20-10-12-21(35-2)13-11-20)28(34)24(29)15-18-6-5-7-19(14-18)17-36-27-23(16-26(32)33)22-8-3-4-9-25(22)30-27;1-14(11-15-5-4-6-16(12-15)13-20)19(22)21(2)17-7-9-18(23-3)10-8-17;1-5-22-14(20)10-12-11-8-6-7-9-13(11)19(15(12)18)16(21)23-17(2,3)4;1-3-18-15(17)9-13-12-7-5-4-6-11(12)8-14(13)19-10(2)16;1-2-6-4-3-5-1;1-3(2)4/h6-16,18,22H,5,17,19-21H2,1-4H3;3-14,24,30H,15-17,29H2,1-2H3,(H,32,33);4-10,12,14H,11,13H2,1-3H3;6-9H,5,10H2,1-4H3;4-7H,3,8-9H2,1-2H3;1-4H2;1-2H3/t22-;24-;14-;;;;/m000..../s1. The third kappa shape index (κ3) is 37.3. The van der Waals surface area contributed by atoms with E-state index in [9.17, 15) is 53.1 Å². The van der Waals surface area contributed by atoms with Crippen LogP contribution in [0.1, 0.15) is 156 Å². The van der Waals surface area contributed by atoms with Crippen LogP contribution in [0.2, 0.25) is 0 Å². The lowest BCUT2D eigenvalue weighted by Gasteiger charge is -2.22. The van der Waals surface area contributed by atoms with Gasteiger partial charge in [-0.05, 0) is 247 Å². The number of carbonyl (C=O) groups excluding carboxylic acids is 9. The zero-order valence-corrected chi connectivity index (χ0v) is 92.6. The van der Waals surface area contributed by atoms with Gasteiger partial charge in [0.15, 0.2) is 5.12 Å². The number of benzene rings is 10. The van der Waals surface area contributed by atoms with Gasteiger partial charge >= 0.3 is 30.0 Å². The summed E-state index contributed by atoms with van der Waals surface area (Å²) in [6, 6.07) is 77.5. The molecule has 790 valence electrons. The lowest BCUT2D eigenvalue weighted by Crippen LogP contribution is -2.43. The topological polar surface area (TPSA) is 330 Å². The number of Topliss-reactive ketones (excluding diaryl/α,β-unsaturated/α-hetero) is 1. The first kappa shape index (κ1) is 119. The number of aromatic nitrogens is 2. The Morgan fingerprint density at radius 3 is 1.30 bits per heavy atom. The molecular weight excluding hydrogens is 2030 g/mol. The molecule has 0 unspecified atom stereocenters. The number of amides is 3. The Labute approximate surface area is 900 Å². The van der Waals surface area contributed by atoms with Gasteiger partial charge in [-0.1, -0.05) is 183 Å². The molecule has 4 N–H and O–H groups in total. The molecule has 15 rings (SSSR count). The third-order valence-electron chi connectivity index (χ3n) is 23.5. The number of ketones is 1. The average Bonchev–Trinajstić information content (AvgIpc) is 1.61. The molecule has 12 aromatic rings. The molecule has 3 amide bonds. The first-order valence-electron chi connectivity index (χ1n) is 49.1. The Kier molecular flexibility index (Phi) is 48.6. The molecule has 0 radical (unpaired) electrons. The first-order chi connectivity index (χ1) is 71.4. The van der Waals surface area contributed by atoms with Crippen LogP contribution in [0.15, 0.2) is 262 Å². The van der Waals surface area contributed by atoms with Crippen LogP contribution in [0.4, 0.5) is 21.9 Å². The number of halogens is 2. The molecule has 149 heavy (non-hydrogen) atoms. The Balaban J connectivity index is 0.000000206. The number of carboxylic acid groups (broad SMARTS) is 1. The normalized spacial score (nSPS) is 12.7. The molecule has 26 nitrogen and oxygen atoms in total. The van der Waals surface area contributed by atoms with Gasteiger partial charge in [-0.2, -0.15) is 0 Å². The fraction of sp³-hybridized carbons (Fsp3) is 0.339. The molecule has 1 saturated heterocycles. The van der Waals surface area contributed by atoms with Crippen molar-refractivity contribution in [1.82, 2.24) is 9.55 Å². The molecule has 3 atom stereocenters. The molecule has 3 aliphatic rings. The summed E-state index contributed by atoms with van der Waals surface area (Å²) < 4.78 is 48.1. The Morgan fingerprint density at radius 1 is 0.477 bits per heavy atom. The largest absolute Gasteiger partial charge is 0.497 e. The van der Waals surface area contributed by atoms with Crippen molar-refractivity contribution in [2.24, 2.45) is 17.6 Å². The summed E-state index contributed by atoms with van der Waals surface area (Å²) in [4.78, 5) is 130. The van der Waals surface area contributed by atoms with Crippen molar-refractivity contribution >= 4 is 171 Å². The number of ether oxygens (including phenoxy) is 9. The van der Waals surface area contributed by atoms with Gasteiger partial charge < -0.3 is 78.0 Å². The second-order valence-electron chi connectivity index (χ2n) is 36.3. The molecular formula is C118H136BrClN6O20S3. The van der Waals surface area contributed by atoms with Crippen molar-refractivity contribution in [3.8, 4) is 17.2 Å². The van der Waals surface area contributed by atoms with E-state index in [0.29, 0.717) is 72.8 Å². The maximum atomic E-state index is 13.1. The number of esters is 3. The Hall–Kier alpha value is -13.0. The smallest absolute Gasteiger partial charge is 0.419 e. The molecule has 0 saturated carbocycles. The molecule has 0 spiro atoms. The van der Waals surface area contributed by atoms with Crippen molar-refractivity contribution in [1.29, 1.82) is 0 Å². The number of aromatic amines is 1. The number of nitrogens with one attached hydrogen (secondary N) is 1. The van der Waals surface area contributed by atoms with E-state index < -0.39 is 23.7 Å². The molecule has 2 aromatic heterocycles. The van der Waals surface area contributed by atoms with Crippen LogP contribution >= 0.6 is 62.8 Å². The molecule has 31 heteroatoms. The number of carbonyl (C=O) groups is 10. The number of para-hydroxylation sites is 2. The molecule has 1 fully saturated rings. The Bertz CT molecular complexity index is 6580. The molecule has 1 aliphatic heterocycles. The number of aliphatic carboxylic acids is 1. The maximum absolute atomic E-state index is 13.1. The number of rotatable bonds is 34.